The molecule has 0 aliphatic rings. The lowest BCUT2D eigenvalue weighted by Crippen LogP contribution is -2.23. The smallest absolute Gasteiger partial charge is 0.242 e. The third-order valence-electron chi connectivity index (χ3n) is 2.85. The molecule has 2 aromatic carbocycles. The first kappa shape index (κ1) is 16.3. The van der Waals surface area contributed by atoms with E-state index in [1.807, 2.05) is 0 Å². The largest absolute Gasteiger partial charge is 0.392 e. The minimum absolute atomic E-state index is 0.0512. The minimum atomic E-state index is -3.76. The van der Waals surface area contributed by atoms with Crippen LogP contribution in [-0.2, 0) is 23.2 Å². The van der Waals surface area contributed by atoms with Gasteiger partial charge in [0.15, 0.2) is 0 Å². The van der Waals surface area contributed by atoms with Gasteiger partial charge in [-0.1, -0.05) is 41.4 Å². The zero-order valence-corrected chi connectivity index (χ0v) is 13.2. The molecule has 0 aromatic heterocycles. The van der Waals surface area contributed by atoms with Crippen LogP contribution in [0.1, 0.15) is 11.1 Å². The molecule has 0 aliphatic heterocycles. The van der Waals surface area contributed by atoms with E-state index in [9.17, 15) is 8.42 Å². The molecule has 2 N–H and O–H groups in total. The number of aliphatic hydroxyl groups is 1. The summed E-state index contributed by atoms with van der Waals surface area (Å²) in [5.41, 5.74) is 1.25. The van der Waals surface area contributed by atoms with Gasteiger partial charge in [0.1, 0.15) is 4.90 Å². The SMILES string of the molecule is O=S(=O)(NCc1ccc(Cl)cc1)c1cc(CO)ccc1Cl. The molecule has 0 fully saturated rings. The van der Waals surface area contributed by atoms with Gasteiger partial charge in [-0.15, -0.1) is 0 Å². The molecule has 0 radical (unpaired) electrons. The highest BCUT2D eigenvalue weighted by Gasteiger charge is 2.18. The lowest BCUT2D eigenvalue weighted by Gasteiger charge is -2.10. The summed E-state index contributed by atoms with van der Waals surface area (Å²) in [6.07, 6.45) is 0. The molecule has 0 saturated heterocycles. The molecule has 7 heteroatoms. The van der Waals surface area contributed by atoms with Crippen LogP contribution in [0.4, 0.5) is 0 Å². The van der Waals surface area contributed by atoms with Crippen molar-refractivity contribution in [3.63, 3.8) is 0 Å². The number of benzene rings is 2. The van der Waals surface area contributed by atoms with Crippen molar-refractivity contribution in [1.29, 1.82) is 0 Å². The summed E-state index contributed by atoms with van der Waals surface area (Å²) in [5.74, 6) is 0. The predicted octanol–water partition coefficient (Wildman–Crippen LogP) is 2.96. The van der Waals surface area contributed by atoms with Crippen LogP contribution in [0.15, 0.2) is 47.4 Å². The van der Waals surface area contributed by atoms with Crippen LogP contribution in [0.5, 0.6) is 0 Å². The van der Waals surface area contributed by atoms with E-state index in [1.54, 1.807) is 30.3 Å². The molecule has 4 nitrogen and oxygen atoms in total. The van der Waals surface area contributed by atoms with Gasteiger partial charge >= 0.3 is 0 Å². The van der Waals surface area contributed by atoms with Gasteiger partial charge < -0.3 is 5.11 Å². The molecule has 0 unspecified atom stereocenters. The molecule has 0 atom stereocenters. The molecule has 21 heavy (non-hydrogen) atoms. The second kappa shape index (κ2) is 6.77. The molecule has 0 heterocycles. The Morgan fingerprint density at radius 3 is 2.24 bits per heavy atom. The number of nitrogens with one attached hydrogen (secondary N) is 1. The number of aliphatic hydroxyl groups excluding tert-OH is 1. The van der Waals surface area contributed by atoms with Gasteiger partial charge in [0, 0.05) is 11.6 Å². The second-order valence-electron chi connectivity index (χ2n) is 4.37. The van der Waals surface area contributed by atoms with Gasteiger partial charge in [0.05, 0.1) is 11.6 Å². The van der Waals surface area contributed by atoms with E-state index in [1.165, 1.54) is 12.1 Å². The maximum atomic E-state index is 12.3. The summed E-state index contributed by atoms with van der Waals surface area (Å²) in [7, 11) is -3.76. The van der Waals surface area contributed by atoms with Crippen molar-refractivity contribution in [2.75, 3.05) is 0 Å². The summed E-state index contributed by atoms with van der Waals surface area (Å²) in [6.45, 7) is -0.129. The molecule has 0 bridgehead atoms. The molecule has 0 spiro atoms. The lowest BCUT2D eigenvalue weighted by atomic mass is 10.2. The summed E-state index contributed by atoms with van der Waals surface area (Å²) in [5, 5.41) is 9.77. The van der Waals surface area contributed by atoms with Gasteiger partial charge in [0.25, 0.3) is 0 Å². The van der Waals surface area contributed by atoms with Crippen molar-refractivity contribution in [2.45, 2.75) is 18.0 Å². The van der Waals surface area contributed by atoms with Gasteiger partial charge in [0.2, 0.25) is 10.0 Å². The molecule has 0 saturated carbocycles. The average Bonchev–Trinajstić information content (AvgIpc) is 2.47. The maximum Gasteiger partial charge on any atom is 0.242 e. The second-order valence-corrected chi connectivity index (χ2v) is 6.95. The molecule has 2 rings (SSSR count). The van der Waals surface area contributed by atoms with E-state index in [4.69, 9.17) is 28.3 Å². The Balaban J connectivity index is 2.20. The Morgan fingerprint density at radius 1 is 1.00 bits per heavy atom. The van der Waals surface area contributed by atoms with Crippen LogP contribution in [0.2, 0.25) is 10.0 Å². The summed E-state index contributed by atoms with van der Waals surface area (Å²) < 4.78 is 27.0. The Bertz CT molecular complexity index is 730. The quantitative estimate of drug-likeness (QED) is 0.875. The van der Waals surface area contributed by atoms with Gasteiger partial charge in [-0.05, 0) is 35.4 Å². The monoisotopic (exact) mass is 345 g/mol. The average molecular weight is 346 g/mol. The van der Waals surface area contributed by atoms with E-state index >= 15 is 0 Å². The number of halogens is 2. The first-order valence-corrected chi connectivity index (χ1v) is 8.29. The Hall–Kier alpha value is -1.11. The highest BCUT2D eigenvalue weighted by molar-refractivity contribution is 7.89. The van der Waals surface area contributed by atoms with Crippen molar-refractivity contribution in [2.24, 2.45) is 0 Å². The third kappa shape index (κ3) is 4.18. The van der Waals surface area contributed by atoms with Crippen LogP contribution in [0.25, 0.3) is 0 Å². The first-order valence-electron chi connectivity index (χ1n) is 6.06. The van der Waals surface area contributed by atoms with Crippen LogP contribution in [0.3, 0.4) is 0 Å². The molecular formula is C14H13Cl2NO3S. The fraction of sp³-hybridized carbons (Fsp3) is 0.143. The van der Waals surface area contributed by atoms with Crippen LogP contribution < -0.4 is 4.72 Å². The van der Waals surface area contributed by atoms with Crippen molar-refractivity contribution < 1.29 is 13.5 Å². The minimum Gasteiger partial charge on any atom is -0.392 e. The molecular weight excluding hydrogens is 333 g/mol. The van der Waals surface area contributed by atoms with Crippen LogP contribution in [0, 0.1) is 0 Å². The number of hydrogen-bond acceptors (Lipinski definition) is 3. The van der Waals surface area contributed by atoms with Gasteiger partial charge in [-0.25, -0.2) is 13.1 Å². The summed E-state index contributed by atoms with van der Waals surface area (Å²) in [4.78, 5) is -0.0512. The third-order valence-corrected chi connectivity index (χ3v) is 4.98. The normalized spacial score (nSPS) is 11.6. The van der Waals surface area contributed by atoms with E-state index in [0.717, 1.165) is 5.56 Å². The predicted molar refractivity (Wildman–Crippen MR) is 82.9 cm³/mol. The fourth-order valence-corrected chi connectivity index (χ4v) is 3.40. The summed E-state index contributed by atoms with van der Waals surface area (Å²) >= 11 is 11.7. The molecule has 112 valence electrons. The zero-order chi connectivity index (χ0) is 15.5. The Morgan fingerprint density at radius 2 is 1.62 bits per heavy atom. The highest BCUT2D eigenvalue weighted by atomic mass is 35.5. The van der Waals surface area contributed by atoms with Crippen molar-refractivity contribution >= 4 is 33.2 Å². The lowest BCUT2D eigenvalue weighted by molar-refractivity contribution is 0.281. The van der Waals surface area contributed by atoms with E-state index in [-0.39, 0.29) is 23.1 Å². The first-order chi connectivity index (χ1) is 9.92. The number of rotatable bonds is 5. The van der Waals surface area contributed by atoms with E-state index in [2.05, 4.69) is 4.72 Å². The topological polar surface area (TPSA) is 66.4 Å². The van der Waals surface area contributed by atoms with Crippen molar-refractivity contribution in [3.8, 4) is 0 Å². The zero-order valence-electron chi connectivity index (χ0n) is 10.9. The fourth-order valence-electron chi connectivity index (χ4n) is 1.71. The standard InChI is InChI=1S/C14H13Cl2NO3S/c15-12-4-1-10(2-5-12)8-17-21(19,20)14-7-11(9-18)3-6-13(14)16/h1-7,17-18H,8-9H2. The van der Waals surface area contributed by atoms with Gasteiger partial charge in [-0.2, -0.15) is 0 Å². The van der Waals surface area contributed by atoms with E-state index in [0.29, 0.717) is 10.6 Å². The molecule has 2 aromatic rings. The van der Waals surface area contributed by atoms with Crippen LogP contribution >= 0.6 is 23.2 Å². The van der Waals surface area contributed by atoms with Crippen molar-refractivity contribution in [3.05, 3.63) is 63.6 Å². The van der Waals surface area contributed by atoms with Crippen LogP contribution in [-0.4, -0.2) is 13.5 Å². The highest BCUT2D eigenvalue weighted by Crippen LogP contribution is 2.23. The maximum absolute atomic E-state index is 12.3. The molecule has 0 amide bonds. The Labute approximate surface area is 133 Å². The summed E-state index contributed by atoms with van der Waals surface area (Å²) in [6, 6.07) is 11.2. The molecule has 0 aliphatic carbocycles. The van der Waals surface area contributed by atoms with Gasteiger partial charge in [-0.3, -0.25) is 0 Å². The number of sulfonamides is 1. The Kier molecular flexibility index (Phi) is 5.24. The van der Waals surface area contributed by atoms with Crippen molar-refractivity contribution in [1.82, 2.24) is 4.72 Å². The number of hydrogen-bond donors (Lipinski definition) is 2. The van der Waals surface area contributed by atoms with E-state index < -0.39 is 10.0 Å².